The Morgan fingerprint density at radius 3 is 2.41 bits per heavy atom. The number of nitrogens with zero attached hydrogens (tertiary/aromatic N) is 2. The van der Waals surface area contributed by atoms with Gasteiger partial charge in [0.15, 0.2) is 9.84 Å². The first-order valence-corrected chi connectivity index (χ1v) is 9.27. The van der Waals surface area contributed by atoms with Gasteiger partial charge in [-0.1, -0.05) is 13.0 Å². The minimum absolute atomic E-state index is 0.0841. The van der Waals surface area contributed by atoms with Gasteiger partial charge >= 0.3 is 0 Å². The van der Waals surface area contributed by atoms with E-state index in [4.69, 9.17) is 0 Å². The number of likely N-dealkylation sites (N-methyl/N-ethyl adjacent to an activating group) is 1. The van der Waals surface area contributed by atoms with E-state index in [9.17, 15) is 13.2 Å². The summed E-state index contributed by atoms with van der Waals surface area (Å²) in [4.78, 5) is 16.9. The van der Waals surface area contributed by atoms with Crippen LogP contribution in [0.25, 0.3) is 0 Å². The van der Waals surface area contributed by atoms with Crippen LogP contribution in [0.2, 0.25) is 0 Å². The summed E-state index contributed by atoms with van der Waals surface area (Å²) in [7, 11) is 0.724. The monoisotopic (exact) mass is 324 g/mol. The van der Waals surface area contributed by atoms with Crippen LogP contribution in [-0.4, -0.2) is 63.6 Å². The minimum atomic E-state index is -3.31. The van der Waals surface area contributed by atoms with E-state index in [0.717, 1.165) is 11.8 Å². The van der Waals surface area contributed by atoms with Crippen molar-refractivity contribution in [2.75, 3.05) is 33.4 Å². The summed E-state index contributed by atoms with van der Waals surface area (Å²) < 4.78 is 23.4. The summed E-state index contributed by atoms with van der Waals surface area (Å²) in [6.07, 6.45) is 1.16. The van der Waals surface area contributed by atoms with Crippen LogP contribution in [0.15, 0.2) is 23.1 Å². The average Bonchev–Trinajstić information content (AvgIpc) is 2.79. The molecule has 6 heteroatoms. The molecule has 2 rings (SSSR count). The maximum Gasteiger partial charge on any atom is 0.254 e. The second kappa shape index (κ2) is 6.01. The fourth-order valence-corrected chi connectivity index (χ4v) is 3.67. The van der Waals surface area contributed by atoms with Gasteiger partial charge in [-0.15, -0.1) is 0 Å². The molecule has 1 aliphatic heterocycles. The van der Waals surface area contributed by atoms with Crippen LogP contribution >= 0.6 is 0 Å². The van der Waals surface area contributed by atoms with Crippen molar-refractivity contribution in [3.8, 4) is 0 Å². The van der Waals surface area contributed by atoms with Crippen molar-refractivity contribution < 1.29 is 13.2 Å². The van der Waals surface area contributed by atoms with E-state index >= 15 is 0 Å². The molecule has 0 unspecified atom stereocenters. The molecule has 2 atom stereocenters. The number of carbonyl (C=O) groups excluding carboxylic acids is 1. The third-order valence-corrected chi connectivity index (χ3v) is 5.50. The summed E-state index contributed by atoms with van der Waals surface area (Å²) in [6, 6.07) is 5.09. The number of sulfone groups is 1. The lowest BCUT2D eigenvalue weighted by atomic mass is 10.1. The van der Waals surface area contributed by atoms with E-state index in [1.807, 2.05) is 25.9 Å². The van der Waals surface area contributed by atoms with Gasteiger partial charge in [-0.25, -0.2) is 8.42 Å². The highest BCUT2D eigenvalue weighted by Crippen LogP contribution is 2.24. The third-order valence-electron chi connectivity index (χ3n) is 4.39. The zero-order chi connectivity index (χ0) is 16.7. The van der Waals surface area contributed by atoms with Gasteiger partial charge in [0.2, 0.25) is 0 Å². The molecular weight excluding hydrogens is 300 g/mol. The topological polar surface area (TPSA) is 57.7 Å². The highest BCUT2D eigenvalue weighted by Gasteiger charge is 2.34. The zero-order valence-electron chi connectivity index (χ0n) is 13.8. The molecule has 1 aliphatic rings. The summed E-state index contributed by atoms with van der Waals surface area (Å²) in [5, 5.41) is 0. The molecule has 5 nitrogen and oxygen atoms in total. The molecule has 0 aromatic heterocycles. The number of carbonyl (C=O) groups is 1. The molecule has 0 bridgehead atoms. The van der Waals surface area contributed by atoms with Gasteiger partial charge in [0, 0.05) is 31.0 Å². The fourth-order valence-electron chi connectivity index (χ4n) is 3.02. The molecule has 1 aromatic rings. The van der Waals surface area contributed by atoms with E-state index in [2.05, 4.69) is 11.8 Å². The van der Waals surface area contributed by atoms with Crippen LogP contribution < -0.4 is 0 Å². The van der Waals surface area contributed by atoms with Gasteiger partial charge in [-0.2, -0.15) is 0 Å². The largest absolute Gasteiger partial charge is 0.337 e. The zero-order valence-corrected chi connectivity index (χ0v) is 14.6. The molecule has 122 valence electrons. The second-order valence-corrected chi connectivity index (χ2v) is 8.48. The Balaban J connectivity index is 2.31. The number of amides is 1. The van der Waals surface area contributed by atoms with Crippen molar-refractivity contribution in [3.63, 3.8) is 0 Å². The quantitative estimate of drug-likeness (QED) is 0.844. The lowest BCUT2D eigenvalue weighted by molar-refractivity contribution is 0.0780. The summed E-state index contributed by atoms with van der Waals surface area (Å²) in [6.45, 7) is 5.35. The lowest BCUT2D eigenvalue weighted by Gasteiger charge is -2.22. The third kappa shape index (κ3) is 3.33. The Labute approximate surface area is 132 Å². The van der Waals surface area contributed by atoms with E-state index < -0.39 is 9.84 Å². The van der Waals surface area contributed by atoms with Crippen LogP contribution in [0.3, 0.4) is 0 Å². The molecular formula is C16H24N2O3S. The summed E-state index contributed by atoms with van der Waals surface area (Å²) >= 11 is 0. The van der Waals surface area contributed by atoms with Gasteiger partial charge in [0.25, 0.3) is 5.91 Å². The van der Waals surface area contributed by atoms with Crippen molar-refractivity contribution in [3.05, 3.63) is 29.3 Å². The summed E-state index contributed by atoms with van der Waals surface area (Å²) in [5.74, 6) is 0.316. The van der Waals surface area contributed by atoms with E-state index in [1.54, 1.807) is 12.1 Å². The molecule has 1 saturated heterocycles. The van der Waals surface area contributed by atoms with Crippen LogP contribution in [0.1, 0.15) is 22.8 Å². The Bertz CT molecular complexity index is 683. The number of likely N-dealkylation sites (tertiary alicyclic amines) is 1. The minimum Gasteiger partial charge on any atom is -0.337 e. The van der Waals surface area contributed by atoms with Crippen LogP contribution in [0, 0.1) is 12.8 Å². The molecule has 22 heavy (non-hydrogen) atoms. The van der Waals surface area contributed by atoms with Gasteiger partial charge in [0.05, 0.1) is 4.90 Å². The SMILES string of the molecule is Cc1ccc(S(C)(=O)=O)cc1C(=O)N1C[C@@H](C)[C@H](N(C)C)C1. The smallest absolute Gasteiger partial charge is 0.254 e. The molecule has 1 fully saturated rings. The molecule has 0 N–H and O–H groups in total. The fraction of sp³-hybridized carbons (Fsp3) is 0.562. The van der Waals surface area contributed by atoms with Gasteiger partial charge in [-0.05, 0) is 44.6 Å². The van der Waals surface area contributed by atoms with Gasteiger partial charge < -0.3 is 9.80 Å². The standard InChI is InChI=1S/C16H24N2O3S/c1-11-6-7-13(22(5,20)21)8-14(11)16(19)18-9-12(2)15(10-18)17(3)4/h6-8,12,15H,9-10H2,1-5H3/t12-,15-/m1/s1. The highest BCUT2D eigenvalue weighted by molar-refractivity contribution is 7.90. The first-order valence-electron chi connectivity index (χ1n) is 7.37. The Hall–Kier alpha value is -1.40. The Morgan fingerprint density at radius 1 is 1.27 bits per heavy atom. The molecule has 0 saturated carbocycles. The summed E-state index contributed by atoms with van der Waals surface area (Å²) in [5.41, 5.74) is 1.29. The maximum atomic E-state index is 12.8. The van der Waals surface area contributed by atoms with Crippen LogP contribution in [-0.2, 0) is 9.84 Å². The molecule has 0 spiro atoms. The first-order chi connectivity index (χ1) is 10.1. The predicted octanol–water partition coefficient (Wildman–Crippen LogP) is 1.42. The first kappa shape index (κ1) is 17.0. The van der Waals surface area contributed by atoms with Gasteiger partial charge in [-0.3, -0.25) is 4.79 Å². The normalized spacial score (nSPS) is 22.4. The number of hydrogen-bond donors (Lipinski definition) is 0. The average molecular weight is 324 g/mol. The van der Waals surface area contributed by atoms with Gasteiger partial charge in [0.1, 0.15) is 0 Å². The second-order valence-electron chi connectivity index (χ2n) is 6.47. The molecule has 1 aromatic carbocycles. The number of benzene rings is 1. The number of hydrogen-bond acceptors (Lipinski definition) is 4. The molecule has 0 radical (unpaired) electrons. The Kier molecular flexibility index (Phi) is 4.63. The number of rotatable bonds is 3. The van der Waals surface area contributed by atoms with E-state index in [1.165, 1.54) is 6.07 Å². The van der Waals surface area contributed by atoms with Crippen molar-refractivity contribution in [1.82, 2.24) is 9.80 Å². The molecule has 1 amide bonds. The highest BCUT2D eigenvalue weighted by atomic mass is 32.2. The van der Waals surface area contributed by atoms with E-state index in [-0.39, 0.29) is 10.8 Å². The Morgan fingerprint density at radius 2 is 1.91 bits per heavy atom. The van der Waals surface area contributed by atoms with E-state index in [0.29, 0.717) is 30.6 Å². The van der Waals surface area contributed by atoms with Crippen molar-refractivity contribution in [1.29, 1.82) is 0 Å². The maximum absolute atomic E-state index is 12.8. The van der Waals surface area contributed by atoms with Crippen molar-refractivity contribution >= 4 is 15.7 Å². The van der Waals surface area contributed by atoms with Crippen molar-refractivity contribution in [2.24, 2.45) is 5.92 Å². The number of aryl methyl sites for hydroxylation is 1. The lowest BCUT2D eigenvalue weighted by Crippen LogP contribution is -2.36. The predicted molar refractivity (Wildman–Crippen MR) is 86.8 cm³/mol. The van der Waals surface area contributed by atoms with Crippen molar-refractivity contribution in [2.45, 2.75) is 24.8 Å². The molecule has 1 heterocycles. The van der Waals surface area contributed by atoms with Crippen LogP contribution in [0.5, 0.6) is 0 Å². The molecule has 0 aliphatic carbocycles. The van der Waals surface area contributed by atoms with Crippen LogP contribution in [0.4, 0.5) is 0 Å².